The predicted octanol–water partition coefficient (Wildman–Crippen LogP) is 2.40. The van der Waals surface area contributed by atoms with Crippen LogP contribution < -0.4 is 15.4 Å². The van der Waals surface area contributed by atoms with E-state index < -0.39 is 6.04 Å². The number of aryl methyl sites for hydroxylation is 1. The molecule has 3 heterocycles. The first kappa shape index (κ1) is 20.6. The van der Waals surface area contributed by atoms with Crippen LogP contribution in [-0.2, 0) is 16.0 Å². The van der Waals surface area contributed by atoms with Crippen LogP contribution in [0.4, 0.5) is 0 Å². The molecule has 0 unspecified atom stereocenters. The Morgan fingerprint density at radius 2 is 2.09 bits per heavy atom. The molecular weight excluding hydrogens is 408 g/mol. The lowest BCUT2D eigenvalue weighted by molar-refractivity contribution is -0.136. The predicted molar refractivity (Wildman–Crippen MR) is 117 cm³/mol. The van der Waals surface area contributed by atoms with E-state index in [1.807, 2.05) is 36.1 Å². The van der Waals surface area contributed by atoms with E-state index in [4.69, 9.17) is 9.26 Å². The number of methoxy groups -OCH3 is 1. The summed E-state index contributed by atoms with van der Waals surface area (Å²) < 4.78 is 11.0. The molecule has 1 aliphatic carbocycles. The highest BCUT2D eigenvalue weighted by molar-refractivity contribution is 5.99. The Morgan fingerprint density at radius 1 is 1.28 bits per heavy atom. The van der Waals surface area contributed by atoms with Gasteiger partial charge in [0.05, 0.1) is 43.4 Å². The SMILES string of the molecule is COc1ccccc1[C@@H]1C2=C(CNC2=O)N[C@@H]2CCCC[C@H]2N1C(=O)Cc1cc(C)no1. The molecule has 3 atom stereocenters. The normalized spacial score (nSPS) is 24.9. The number of hydrogen-bond donors (Lipinski definition) is 2. The van der Waals surface area contributed by atoms with Crippen LogP contribution in [0, 0.1) is 6.92 Å². The van der Waals surface area contributed by atoms with E-state index in [2.05, 4.69) is 15.8 Å². The third kappa shape index (κ3) is 3.53. The number of carbonyl (C=O) groups excluding carboxylic acids is 2. The summed E-state index contributed by atoms with van der Waals surface area (Å²) in [4.78, 5) is 28.9. The van der Waals surface area contributed by atoms with Crippen LogP contribution in [-0.4, -0.2) is 47.6 Å². The van der Waals surface area contributed by atoms with Crippen LogP contribution in [0.3, 0.4) is 0 Å². The van der Waals surface area contributed by atoms with E-state index in [9.17, 15) is 9.59 Å². The number of hydrogen-bond acceptors (Lipinski definition) is 6. The summed E-state index contributed by atoms with van der Waals surface area (Å²) in [6.45, 7) is 2.29. The topological polar surface area (TPSA) is 96.7 Å². The fourth-order valence-electron chi connectivity index (χ4n) is 5.35. The minimum Gasteiger partial charge on any atom is -0.496 e. The lowest BCUT2D eigenvalue weighted by Gasteiger charge is -2.42. The van der Waals surface area contributed by atoms with Gasteiger partial charge >= 0.3 is 0 Å². The second-order valence-electron chi connectivity index (χ2n) is 8.73. The van der Waals surface area contributed by atoms with Gasteiger partial charge in [-0.25, -0.2) is 0 Å². The highest BCUT2D eigenvalue weighted by atomic mass is 16.5. The van der Waals surface area contributed by atoms with Crippen molar-refractivity contribution in [3.05, 3.63) is 58.6 Å². The molecule has 2 N–H and O–H groups in total. The van der Waals surface area contributed by atoms with E-state index in [0.29, 0.717) is 23.6 Å². The van der Waals surface area contributed by atoms with Crippen molar-refractivity contribution in [2.45, 2.75) is 57.2 Å². The fourth-order valence-corrected chi connectivity index (χ4v) is 5.35. The standard InChI is InChI=1S/C24H28N4O4/c1-14-11-15(32-27-14)12-21(29)28-19-9-5-4-8-17(19)26-18-13-25-24(30)22(18)23(28)16-7-3-6-10-20(16)31-2/h3,6-7,10-11,17,19,23,26H,4-5,8-9,12-13H2,1-2H3,(H,25,30)/t17-,19-,23-/m1/s1. The van der Waals surface area contributed by atoms with Crippen molar-refractivity contribution >= 4 is 11.8 Å². The molecule has 32 heavy (non-hydrogen) atoms. The summed E-state index contributed by atoms with van der Waals surface area (Å²) in [7, 11) is 1.62. The number of nitrogens with zero attached hydrogens (tertiary/aromatic N) is 2. The van der Waals surface area contributed by atoms with Crippen LogP contribution in [0.2, 0.25) is 0 Å². The lowest BCUT2D eigenvalue weighted by Crippen LogP contribution is -2.54. The van der Waals surface area contributed by atoms with Gasteiger partial charge in [-0.1, -0.05) is 36.2 Å². The first-order chi connectivity index (χ1) is 15.6. The Morgan fingerprint density at radius 3 is 2.88 bits per heavy atom. The van der Waals surface area contributed by atoms with Crippen molar-refractivity contribution in [1.82, 2.24) is 20.7 Å². The molecule has 0 saturated heterocycles. The largest absolute Gasteiger partial charge is 0.496 e. The van der Waals surface area contributed by atoms with Crippen LogP contribution in [0.5, 0.6) is 5.75 Å². The van der Waals surface area contributed by atoms with E-state index >= 15 is 0 Å². The second kappa shape index (κ2) is 8.33. The molecular formula is C24H28N4O4. The van der Waals surface area contributed by atoms with Gasteiger partial charge in [-0.2, -0.15) is 0 Å². The highest BCUT2D eigenvalue weighted by Gasteiger charge is 2.47. The molecule has 2 aromatic rings. The van der Waals surface area contributed by atoms with Crippen molar-refractivity contribution in [2.24, 2.45) is 0 Å². The fraction of sp³-hybridized carbons (Fsp3) is 0.458. The number of carbonyl (C=O) groups is 2. The molecule has 0 bridgehead atoms. The zero-order valence-electron chi connectivity index (χ0n) is 18.4. The first-order valence-electron chi connectivity index (χ1n) is 11.2. The van der Waals surface area contributed by atoms with E-state index in [-0.39, 0.29) is 30.3 Å². The number of amides is 2. The molecule has 5 rings (SSSR count). The minimum atomic E-state index is -0.541. The summed E-state index contributed by atoms with van der Waals surface area (Å²) in [5.74, 6) is 0.965. The summed E-state index contributed by atoms with van der Waals surface area (Å²) in [5, 5.41) is 10.5. The molecule has 1 aromatic carbocycles. The molecule has 1 aromatic heterocycles. The minimum absolute atomic E-state index is 0.0337. The summed E-state index contributed by atoms with van der Waals surface area (Å²) >= 11 is 0. The molecule has 8 heteroatoms. The van der Waals surface area contributed by atoms with Crippen molar-refractivity contribution in [2.75, 3.05) is 13.7 Å². The molecule has 1 fully saturated rings. The van der Waals surface area contributed by atoms with Gasteiger partial charge in [-0.3, -0.25) is 9.59 Å². The van der Waals surface area contributed by atoms with Crippen LogP contribution in [0.1, 0.15) is 48.7 Å². The average Bonchev–Trinajstić information content (AvgIpc) is 3.33. The van der Waals surface area contributed by atoms with Gasteiger partial charge in [-0.05, 0) is 25.8 Å². The lowest BCUT2D eigenvalue weighted by atomic mass is 9.87. The van der Waals surface area contributed by atoms with Crippen LogP contribution >= 0.6 is 0 Å². The maximum Gasteiger partial charge on any atom is 0.251 e. The van der Waals surface area contributed by atoms with Gasteiger partial charge in [0, 0.05) is 23.4 Å². The number of rotatable bonds is 4. The van der Waals surface area contributed by atoms with Crippen LogP contribution in [0.25, 0.3) is 0 Å². The first-order valence-corrected chi connectivity index (χ1v) is 11.2. The maximum absolute atomic E-state index is 13.9. The van der Waals surface area contributed by atoms with Crippen molar-refractivity contribution in [3.8, 4) is 5.75 Å². The van der Waals surface area contributed by atoms with E-state index in [0.717, 1.165) is 42.6 Å². The average molecular weight is 437 g/mol. The Bertz CT molecular complexity index is 1080. The molecule has 0 radical (unpaired) electrons. The smallest absolute Gasteiger partial charge is 0.251 e. The number of nitrogens with one attached hydrogen (secondary N) is 2. The molecule has 0 spiro atoms. The van der Waals surface area contributed by atoms with Crippen molar-refractivity contribution in [1.29, 1.82) is 0 Å². The van der Waals surface area contributed by atoms with E-state index in [1.165, 1.54) is 0 Å². The second-order valence-corrected chi connectivity index (χ2v) is 8.73. The Hall–Kier alpha value is -3.29. The molecule has 2 amide bonds. The third-order valence-electron chi connectivity index (χ3n) is 6.72. The third-order valence-corrected chi connectivity index (χ3v) is 6.72. The van der Waals surface area contributed by atoms with Gasteiger partial charge in [0.15, 0.2) is 0 Å². The Kier molecular flexibility index (Phi) is 5.36. The van der Waals surface area contributed by atoms with E-state index in [1.54, 1.807) is 13.2 Å². The van der Waals surface area contributed by atoms with Crippen molar-refractivity contribution in [3.63, 3.8) is 0 Å². The maximum atomic E-state index is 13.9. The number of fused-ring (bicyclic) bond motifs is 1. The summed E-state index contributed by atoms with van der Waals surface area (Å²) in [6, 6.07) is 8.95. The molecule has 2 aliphatic heterocycles. The van der Waals surface area contributed by atoms with Gasteiger partial charge in [0.2, 0.25) is 5.91 Å². The van der Waals surface area contributed by atoms with Gasteiger partial charge in [0.25, 0.3) is 5.91 Å². The monoisotopic (exact) mass is 436 g/mol. The quantitative estimate of drug-likeness (QED) is 0.764. The molecule has 168 valence electrons. The van der Waals surface area contributed by atoms with Crippen LogP contribution in [0.15, 0.2) is 46.1 Å². The number of benzene rings is 1. The van der Waals surface area contributed by atoms with Gasteiger partial charge in [-0.15, -0.1) is 0 Å². The highest BCUT2D eigenvalue weighted by Crippen LogP contribution is 2.43. The molecule has 8 nitrogen and oxygen atoms in total. The number of ether oxygens (including phenoxy) is 1. The Labute approximate surface area is 187 Å². The van der Waals surface area contributed by atoms with Crippen molar-refractivity contribution < 1.29 is 18.8 Å². The van der Waals surface area contributed by atoms with Gasteiger partial charge in [0.1, 0.15) is 11.5 Å². The zero-order chi connectivity index (χ0) is 22.2. The number of aromatic nitrogens is 1. The molecule has 3 aliphatic rings. The zero-order valence-corrected chi connectivity index (χ0v) is 18.4. The summed E-state index contributed by atoms with van der Waals surface area (Å²) in [5.41, 5.74) is 3.04. The van der Waals surface area contributed by atoms with Gasteiger partial charge < -0.3 is 24.8 Å². The Balaban J connectivity index is 1.65. The summed E-state index contributed by atoms with van der Waals surface area (Å²) in [6.07, 6.45) is 4.08. The number of para-hydroxylation sites is 1. The molecule has 1 saturated carbocycles.